The number of esters is 1. The Balaban J connectivity index is 2.21. The largest absolute Gasteiger partial charge is 0.462 e. The third-order valence-electron chi connectivity index (χ3n) is 5.89. The molecule has 3 heteroatoms. The third kappa shape index (κ3) is 3.89. The highest BCUT2D eigenvalue weighted by atomic mass is 16.5. The molecule has 0 fully saturated rings. The fraction of sp³-hybridized carbons (Fsp3) is 0.440. The molecule has 0 spiro atoms. The van der Waals surface area contributed by atoms with E-state index < -0.39 is 0 Å². The number of nitrogens with zero attached hydrogens (tertiary/aromatic N) is 1. The Hall–Kier alpha value is -2.42. The fourth-order valence-corrected chi connectivity index (χ4v) is 4.15. The lowest BCUT2D eigenvalue weighted by molar-refractivity contribution is 0.0522. The maximum Gasteiger partial charge on any atom is 0.338 e. The van der Waals surface area contributed by atoms with Crippen molar-refractivity contribution in [2.75, 3.05) is 6.61 Å². The second-order valence-electron chi connectivity index (χ2n) is 8.97. The number of carbonyl (C=O) groups is 1. The molecule has 28 heavy (non-hydrogen) atoms. The van der Waals surface area contributed by atoms with Crippen molar-refractivity contribution in [1.82, 2.24) is 0 Å². The first-order chi connectivity index (χ1) is 13.2. The van der Waals surface area contributed by atoms with Crippen molar-refractivity contribution < 1.29 is 9.53 Å². The minimum atomic E-state index is -0.251. The van der Waals surface area contributed by atoms with Gasteiger partial charge in [-0.15, -0.1) is 0 Å². The highest BCUT2D eigenvalue weighted by Crippen LogP contribution is 2.48. The van der Waals surface area contributed by atoms with Gasteiger partial charge in [0.1, 0.15) is 0 Å². The summed E-state index contributed by atoms with van der Waals surface area (Å²) in [5.74, 6) is -0.251. The number of aliphatic imine (C=N–C) groups is 1. The van der Waals surface area contributed by atoms with Crippen molar-refractivity contribution in [3.8, 4) is 0 Å². The molecule has 0 N–H and O–H groups in total. The van der Waals surface area contributed by atoms with Gasteiger partial charge < -0.3 is 4.74 Å². The first kappa shape index (κ1) is 20.3. The minimum Gasteiger partial charge on any atom is -0.462 e. The lowest BCUT2D eigenvalue weighted by Crippen LogP contribution is -2.35. The summed E-state index contributed by atoms with van der Waals surface area (Å²) < 4.78 is 5.41. The van der Waals surface area contributed by atoms with Gasteiger partial charge in [0.15, 0.2) is 0 Å². The van der Waals surface area contributed by atoms with Gasteiger partial charge in [-0.3, -0.25) is 4.99 Å². The zero-order chi connectivity index (χ0) is 20.5. The Bertz CT molecular complexity index is 908. The lowest BCUT2D eigenvalue weighted by atomic mass is 9.62. The second-order valence-corrected chi connectivity index (χ2v) is 8.97. The molecule has 1 aliphatic rings. The van der Waals surface area contributed by atoms with Crippen LogP contribution in [0.25, 0.3) is 0 Å². The SMILES string of the molecule is CCOC(=O)c1cc(N=C(C)c2ccccc2)cc2c1C(C)(C)CCC2(C)C. The number of carbonyl (C=O) groups excluding carboxylic acids is 1. The van der Waals surface area contributed by atoms with Crippen molar-refractivity contribution in [1.29, 1.82) is 0 Å². The smallest absolute Gasteiger partial charge is 0.338 e. The summed E-state index contributed by atoms with van der Waals surface area (Å²) in [5.41, 5.74) is 5.76. The third-order valence-corrected chi connectivity index (χ3v) is 5.89. The van der Waals surface area contributed by atoms with Crippen molar-refractivity contribution in [2.24, 2.45) is 4.99 Å². The van der Waals surface area contributed by atoms with Gasteiger partial charge in [0.25, 0.3) is 0 Å². The molecule has 0 aromatic heterocycles. The average Bonchev–Trinajstić information content (AvgIpc) is 2.66. The van der Waals surface area contributed by atoms with Crippen LogP contribution in [0, 0.1) is 0 Å². The molecule has 0 unspecified atom stereocenters. The molecule has 3 nitrogen and oxygen atoms in total. The summed E-state index contributed by atoms with van der Waals surface area (Å²) >= 11 is 0. The Morgan fingerprint density at radius 3 is 2.32 bits per heavy atom. The monoisotopic (exact) mass is 377 g/mol. The van der Waals surface area contributed by atoms with Crippen LogP contribution in [0.5, 0.6) is 0 Å². The van der Waals surface area contributed by atoms with Crippen LogP contribution < -0.4 is 0 Å². The van der Waals surface area contributed by atoms with Gasteiger partial charge in [0.05, 0.1) is 17.9 Å². The predicted molar refractivity (Wildman–Crippen MR) is 116 cm³/mol. The van der Waals surface area contributed by atoms with Gasteiger partial charge in [-0.25, -0.2) is 4.79 Å². The van der Waals surface area contributed by atoms with Crippen LogP contribution in [0.2, 0.25) is 0 Å². The summed E-state index contributed by atoms with van der Waals surface area (Å²) in [4.78, 5) is 17.7. The molecule has 148 valence electrons. The highest BCUT2D eigenvalue weighted by Gasteiger charge is 2.40. The van der Waals surface area contributed by atoms with Crippen LogP contribution in [-0.2, 0) is 15.6 Å². The molecule has 0 bridgehead atoms. The minimum absolute atomic E-state index is 0.00171. The summed E-state index contributed by atoms with van der Waals surface area (Å²) in [7, 11) is 0. The zero-order valence-corrected chi connectivity index (χ0v) is 17.9. The lowest BCUT2D eigenvalue weighted by Gasteiger charge is -2.42. The van der Waals surface area contributed by atoms with Crippen LogP contribution in [0.4, 0.5) is 5.69 Å². The predicted octanol–water partition coefficient (Wildman–Crippen LogP) is 6.35. The van der Waals surface area contributed by atoms with Gasteiger partial charge in [-0.1, -0.05) is 58.0 Å². The van der Waals surface area contributed by atoms with Crippen molar-refractivity contribution in [2.45, 2.75) is 65.2 Å². The van der Waals surface area contributed by atoms with Crippen LogP contribution in [0.15, 0.2) is 47.5 Å². The maximum absolute atomic E-state index is 12.9. The molecule has 0 amide bonds. The van der Waals surface area contributed by atoms with Crippen LogP contribution >= 0.6 is 0 Å². The van der Waals surface area contributed by atoms with E-state index in [2.05, 4.69) is 45.9 Å². The van der Waals surface area contributed by atoms with Crippen molar-refractivity contribution in [3.63, 3.8) is 0 Å². The van der Waals surface area contributed by atoms with Crippen LogP contribution in [0.1, 0.15) is 81.4 Å². The molecule has 0 atom stereocenters. The first-order valence-electron chi connectivity index (χ1n) is 10.1. The Morgan fingerprint density at radius 2 is 1.68 bits per heavy atom. The fourth-order valence-electron chi connectivity index (χ4n) is 4.15. The highest BCUT2D eigenvalue weighted by molar-refractivity contribution is 6.01. The molecular formula is C25H31NO2. The first-order valence-corrected chi connectivity index (χ1v) is 10.1. The van der Waals surface area contributed by atoms with E-state index >= 15 is 0 Å². The molecule has 0 heterocycles. The van der Waals surface area contributed by atoms with E-state index in [9.17, 15) is 4.79 Å². The van der Waals surface area contributed by atoms with E-state index in [4.69, 9.17) is 9.73 Å². The van der Waals surface area contributed by atoms with Gasteiger partial charge in [-0.2, -0.15) is 0 Å². The molecule has 0 saturated carbocycles. The standard InChI is InChI=1S/C25H31NO2/c1-7-28-23(27)20-15-19(26-17(2)18-11-9-8-10-12-18)16-21-22(20)25(5,6)14-13-24(21,3)4/h8-12,15-16H,7,13-14H2,1-6H3. The molecule has 1 aliphatic carbocycles. The Kier molecular flexibility index (Phi) is 5.47. The van der Waals surface area contributed by atoms with E-state index in [1.54, 1.807) is 0 Å². The molecule has 2 aromatic rings. The van der Waals surface area contributed by atoms with E-state index in [1.807, 2.05) is 38.1 Å². The number of ether oxygens (including phenoxy) is 1. The summed E-state index contributed by atoms with van der Waals surface area (Å²) in [6, 6.07) is 14.2. The van der Waals surface area contributed by atoms with Gasteiger partial charge in [0.2, 0.25) is 0 Å². The topological polar surface area (TPSA) is 38.7 Å². The number of rotatable bonds is 4. The summed E-state index contributed by atoms with van der Waals surface area (Å²) in [6.45, 7) is 13.2. The van der Waals surface area contributed by atoms with Crippen LogP contribution in [0.3, 0.4) is 0 Å². The Morgan fingerprint density at radius 1 is 1.04 bits per heavy atom. The van der Waals surface area contributed by atoms with E-state index in [0.29, 0.717) is 12.2 Å². The molecule has 2 aromatic carbocycles. The van der Waals surface area contributed by atoms with Gasteiger partial charge in [0, 0.05) is 5.71 Å². The van der Waals surface area contributed by atoms with Gasteiger partial charge >= 0.3 is 5.97 Å². The zero-order valence-electron chi connectivity index (χ0n) is 17.9. The van der Waals surface area contributed by atoms with E-state index in [-0.39, 0.29) is 16.8 Å². The Labute approximate surface area is 168 Å². The number of fused-ring (bicyclic) bond motifs is 1. The number of hydrogen-bond donors (Lipinski definition) is 0. The molecule has 0 aliphatic heterocycles. The number of hydrogen-bond acceptors (Lipinski definition) is 3. The van der Waals surface area contributed by atoms with Gasteiger partial charge in [-0.05, 0) is 66.3 Å². The van der Waals surface area contributed by atoms with Crippen molar-refractivity contribution >= 4 is 17.4 Å². The normalized spacial score (nSPS) is 17.7. The summed E-state index contributed by atoms with van der Waals surface area (Å²) in [5, 5.41) is 0. The number of benzene rings is 2. The second kappa shape index (κ2) is 7.54. The van der Waals surface area contributed by atoms with Crippen molar-refractivity contribution in [3.05, 3.63) is 64.7 Å². The molecule has 0 radical (unpaired) electrons. The molecule has 0 saturated heterocycles. The molecular weight excluding hydrogens is 346 g/mol. The molecule has 3 rings (SSSR count). The van der Waals surface area contributed by atoms with Crippen LogP contribution in [-0.4, -0.2) is 18.3 Å². The average molecular weight is 378 g/mol. The quantitative estimate of drug-likeness (QED) is 0.460. The maximum atomic E-state index is 12.9. The van der Waals surface area contributed by atoms with E-state index in [0.717, 1.165) is 35.4 Å². The van der Waals surface area contributed by atoms with E-state index in [1.165, 1.54) is 5.56 Å². The summed E-state index contributed by atoms with van der Waals surface area (Å²) in [6.07, 6.45) is 2.13.